The fraction of sp³-hybridized carbons (Fsp3) is 0.444. The first-order valence-electron chi connectivity index (χ1n) is 4.84. The van der Waals surface area contributed by atoms with Gasteiger partial charge in [-0.25, -0.2) is 4.98 Å². The minimum Gasteiger partial charge on any atom is -0.360 e. The van der Waals surface area contributed by atoms with E-state index in [4.69, 9.17) is 0 Å². The normalized spacial score (nSPS) is 18.9. The Morgan fingerprint density at radius 3 is 3.06 bits per heavy atom. The standard InChI is InChI=1S/C9H12N4O2.ClH/c14-13(15)8-2-1-4-11-9(8)12-7-3-5-10-6-7;/h1-2,4,7,10H,3,5-6H2,(H,11,12);1H/t7-;/m0./s1. The van der Waals surface area contributed by atoms with Gasteiger partial charge in [0.05, 0.1) is 4.92 Å². The summed E-state index contributed by atoms with van der Waals surface area (Å²) in [5.41, 5.74) is 0.0319. The van der Waals surface area contributed by atoms with E-state index in [9.17, 15) is 10.1 Å². The summed E-state index contributed by atoms with van der Waals surface area (Å²) < 4.78 is 0. The number of anilines is 1. The molecule has 0 aromatic carbocycles. The highest BCUT2D eigenvalue weighted by Gasteiger charge is 2.20. The van der Waals surface area contributed by atoms with Crippen molar-refractivity contribution in [3.05, 3.63) is 28.4 Å². The van der Waals surface area contributed by atoms with Crippen LogP contribution < -0.4 is 10.6 Å². The van der Waals surface area contributed by atoms with Gasteiger partial charge >= 0.3 is 5.69 Å². The highest BCUT2D eigenvalue weighted by molar-refractivity contribution is 5.85. The topological polar surface area (TPSA) is 80.1 Å². The van der Waals surface area contributed by atoms with Gasteiger partial charge in [-0.1, -0.05) is 0 Å². The maximum atomic E-state index is 10.7. The minimum absolute atomic E-state index is 0. The molecule has 0 spiro atoms. The molecular formula is C9H13ClN4O2. The summed E-state index contributed by atoms with van der Waals surface area (Å²) in [7, 11) is 0. The second-order valence-electron chi connectivity index (χ2n) is 3.46. The Labute approximate surface area is 99.0 Å². The number of pyridine rings is 1. The highest BCUT2D eigenvalue weighted by Crippen LogP contribution is 2.21. The molecule has 1 aliphatic heterocycles. The van der Waals surface area contributed by atoms with Crippen LogP contribution in [-0.4, -0.2) is 29.0 Å². The van der Waals surface area contributed by atoms with Crippen LogP contribution in [0, 0.1) is 10.1 Å². The van der Waals surface area contributed by atoms with Crippen molar-refractivity contribution >= 4 is 23.9 Å². The second kappa shape index (κ2) is 5.62. The maximum absolute atomic E-state index is 10.7. The van der Waals surface area contributed by atoms with E-state index in [1.807, 2.05) is 0 Å². The molecular weight excluding hydrogens is 232 g/mol. The molecule has 1 saturated heterocycles. The summed E-state index contributed by atoms with van der Waals surface area (Å²) in [4.78, 5) is 14.3. The van der Waals surface area contributed by atoms with Gasteiger partial charge in [0.2, 0.25) is 5.82 Å². The van der Waals surface area contributed by atoms with E-state index in [0.29, 0.717) is 5.82 Å². The number of hydrogen-bond acceptors (Lipinski definition) is 5. The van der Waals surface area contributed by atoms with Crippen molar-refractivity contribution in [3.63, 3.8) is 0 Å². The van der Waals surface area contributed by atoms with Crippen molar-refractivity contribution in [1.29, 1.82) is 0 Å². The molecule has 2 heterocycles. The molecule has 7 heteroatoms. The molecule has 0 unspecified atom stereocenters. The molecule has 0 bridgehead atoms. The summed E-state index contributed by atoms with van der Waals surface area (Å²) in [6.45, 7) is 1.77. The summed E-state index contributed by atoms with van der Waals surface area (Å²) in [6, 6.07) is 3.26. The number of halogens is 1. The van der Waals surface area contributed by atoms with Crippen LogP contribution in [0.2, 0.25) is 0 Å². The van der Waals surface area contributed by atoms with Crippen LogP contribution in [0.15, 0.2) is 18.3 Å². The Morgan fingerprint density at radius 1 is 1.62 bits per heavy atom. The molecule has 1 fully saturated rings. The van der Waals surface area contributed by atoms with Crippen molar-refractivity contribution < 1.29 is 4.92 Å². The fourth-order valence-electron chi connectivity index (χ4n) is 1.63. The third-order valence-electron chi connectivity index (χ3n) is 2.38. The SMILES string of the molecule is Cl.O=[N+]([O-])c1cccnc1N[C@H]1CCNC1. The first kappa shape index (κ1) is 12.7. The first-order chi connectivity index (χ1) is 7.27. The van der Waals surface area contributed by atoms with Crippen molar-refractivity contribution in [1.82, 2.24) is 10.3 Å². The average molecular weight is 245 g/mol. The van der Waals surface area contributed by atoms with Crippen LogP contribution in [0.25, 0.3) is 0 Å². The number of nitrogens with zero attached hydrogens (tertiary/aromatic N) is 2. The molecule has 1 aliphatic rings. The molecule has 1 atom stereocenters. The molecule has 0 aliphatic carbocycles. The zero-order valence-corrected chi connectivity index (χ0v) is 9.37. The molecule has 1 aromatic rings. The van der Waals surface area contributed by atoms with Gasteiger partial charge in [0, 0.05) is 24.8 Å². The molecule has 6 nitrogen and oxygen atoms in total. The Bertz CT molecular complexity index is 368. The monoisotopic (exact) mass is 244 g/mol. The average Bonchev–Trinajstić information content (AvgIpc) is 2.71. The lowest BCUT2D eigenvalue weighted by Gasteiger charge is -2.11. The van der Waals surface area contributed by atoms with E-state index in [0.717, 1.165) is 19.5 Å². The van der Waals surface area contributed by atoms with E-state index >= 15 is 0 Å². The molecule has 2 rings (SSSR count). The molecule has 88 valence electrons. The predicted octanol–water partition coefficient (Wildman–Crippen LogP) is 1.19. The van der Waals surface area contributed by atoms with E-state index in [2.05, 4.69) is 15.6 Å². The van der Waals surface area contributed by atoms with Crippen molar-refractivity contribution in [2.45, 2.75) is 12.5 Å². The Kier molecular flexibility index (Phi) is 4.45. The maximum Gasteiger partial charge on any atom is 0.311 e. The summed E-state index contributed by atoms with van der Waals surface area (Å²) in [5, 5.41) is 17.0. The van der Waals surface area contributed by atoms with Crippen LogP contribution in [0.4, 0.5) is 11.5 Å². The van der Waals surface area contributed by atoms with E-state index in [-0.39, 0.29) is 24.1 Å². The summed E-state index contributed by atoms with van der Waals surface area (Å²) >= 11 is 0. The van der Waals surface area contributed by atoms with Crippen LogP contribution in [0.5, 0.6) is 0 Å². The Hall–Kier alpha value is -1.40. The highest BCUT2D eigenvalue weighted by atomic mass is 35.5. The third kappa shape index (κ3) is 2.80. The number of nitrogens with one attached hydrogen (secondary N) is 2. The minimum atomic E-state index is -0.419. The van der Waals surface area contributed by atoms with Crippen molar-refractivity contribution in [2.75, 3.05) is 18.4 Å². The predicted molar refractivity (Wildman–Crippen MR) is 63.0 cm³/mol. The van der Waals surface area contributed by atoms with Crippen molar-refractivity contribution in [3.8, 4) is 0 Å². The number of rotatable bonds is 3. The van der Waals surface area contributed by atoms with Crippen LogP contribution >= 0.6 is 12.4 Å². The van der Waals surface area contributed by atoms with E-state index in [1.165, 1.54) is 6.07 Å². The number of hydrogen-bond donors (Lipinski definition) is 2. The first-order valence-corrected chi connectivity index (χ1v) is 4.84. The number of aromatic nitrogens is 1. The molecule has 0 amide bonds. The van der Waals surface area contributed by atoms with Crippen LogP contribution in [-0.2, 0) is 0 Å². The summed E-state index contributed by atoms with van der Waals surface area (Å²) in [5.74, 6) is 0.358. The largest absolute Gasteiger partial charge is 0.360 e. The van der Waals surface area contributed by atoms with E-state index in [1.54, 1.807) is 12.3 Å². The Balaban J connectivity index is 0.00000128. The zero-order valence-electron chi connectivity index (χ0n) is 8.55. The molecule has 0 radical (unpaired) electrons. The smallest absolute Gasteiger partial charge is 0.311 e. The van der Waals surface area contributed by atoms with Crippen LogP contribution in [0.3, 0.4) is 0 Å². The van der Waals surface area contributed by atoms with Gasteiger partial charge in [0.15, 0.2) is 0 Å². The molecule has 2 N–H and O–H groups in total. The van der Waals surface area contributed by atoms with Gasteiger partial charge in [-0.3, -0.25) is 10.1 Å². The van der Waals surface area contributed by atoms with Gasteiger partial charge < -0.3 is 10.6 Å². The van der Waals surface area contributed by atoms with Gasteiger partial charge in [0.25, 0.3) is 0 Å². The molecule has 0 saturated carbocycles. The third-order valence-corrected chi connectivity index (χ3v) is 2.38. The quantitative estimate of drug-likeness (QED) is 0.617. The molecule has 1 aromatic heterocycles. The lowest BCUT2D eigenvalue weighted by Crippen LogP contribution is -2.23. The molecule has 16 heavy (non-hydrogen) atoms. The van der Waals surface area contributed by atoms with Crippen LogP contribution in [0.1, 0.15) is 6.42 Å². The van der Waals surface area contributed by atoms with E-state index < -0.39 is 4.92 Å². The Morgan fingerprint density at radius 2 is 2.44 bits per heavy atom. The lowest BCUT2D eigenvalue weighted by molar-refractivity contribution is -0.384. The van der Waals surface area contributed by atoms with Gasteiger partial charge in [-0.2, -0.15) is 0 Å². The van der Waals surface area contributed by atoms with Gasteiger partial charge in [-0.15, -0.1) is 12.4 Å². The lowest BCUT2D eigenvalue weighted by atomic mass is 10.2. The van der Waals surface area contributed by atoms with Gasteiger partial charge in [0.1, 0.15) is 0 Å². The van der Waals surface area contributed by atoms with Gasteiger partial charge in [-0.05, 0) is 19.0 Å². The van der Waals surface area contributed by atoms with Crippen molar-refractivity contribution in [2.24, 2.45) is 0 Å². The fourth-order valence-corrected chi connectivity index (χ4v) is 1.63. The number of nitro groups is 1. The zero-order chi connectivity index (χ0) is 10.7. The second-order valence-corrected chi connectivity index (χ2v) is 3.46. The summed E-state index contributed by atoms with van der Waals surface area (Å²) in [6.07, 6.45) is 2.52.